The van der Waals surface area contributed by atoms with E-state index in [1.54, 1.807) is 0 Å². The summed E-state index contributed by atoms with van der Waals surface area (Å²) in [7, 11) is 0. The van der Waals surface area contributed by atoms with Crippen LogP contribution in [0.4, 0.5) is 4.79 Å². The number of urea groups is 1. The lowest BCUT2D eigenvalue weighted by Crippen LogP contribution is -2.44. The fraction of sp³-hybridized carbons (Fsp3) is 0.818. The Morgan fingerprint density at radius 2 is 2.17 bits per heavy atom. The summed E-state index contributed by atoms with van der Waals surface area (Å²) < 4.78 is 5.26. The molecule has 0 aromatic rings. The van der Waals surface area contributed by atoms with Gasteiger partial charge in [-0.25, -0.2) is 9.59 Å². The minimum Gasteiger partial charge on any atom is -0.479 e. The molecular formula is C11H20N2O5. The van der Waals surface area contributed by atoms with Crippen molar-refractivity contribution in [2.75, 3.05) is 26.2 Å². The predicted molar refractivity (Wildman–Crippen MR) is 63.3 cm³/mol. The van der Waals surface area contributed by atoms with E-state index < -0.39 is 12.1 Å². The van der Waals surface area contributed by atoms with Crippen LogP contribution in [0.3, 0.4) is 0 Å². The van der Waals surface area contributed by atoms with Crippen LogP contribution in [0.1, 0.15) is 19.8 Å². The van der Waals surface area contributed by atoms with Crippen molar-refractivity contribution < 1.29 is 24.5 Å². The standard InChI is InChI=1S/C11H20N2O5/c1-2-13(5-6-14)11(17)12-7-8-3-4-9(18-8)10(15)16/h8-9,14H,2-7H2,1H3,(H,12,17)(H,15,16). The molecule has 0 aromatic heterocycles. The van der Waals surface area contributed by atoms with Gasteiger partial charge in [-0.3, -0.25) is 0 Å². The Labute approximate surface area is 106 Å². The number of aliphatic hydroxyl groups is 1. The number of aliphatic carboxylic acids is 1. The van der Waals surface area contributed by atoms with Gasteiger partial charge in [0.15, 0.2) is 6.10 Å². The van der Waals surface area contributed by atoms with Gasteiger partial charge in [0.2, 0.25) is 0 Å². The van der Waals surface area contributed by atoms with Crippen LogP contribution < -0.4 is 5.32 Å². The van der Waals surface area contributed by atoms with Gasteiger partial charge < -0.3 is 25.2 Å². The lowest BCUT2D eigenvalue weighted by Gasteiger charge is -2.21. The Kier molecular flexibility index (Phi) is 5.87. The summed E-state index contributed by atoms with van der Waals surface area (Å²) in [6.45, 7) is 2.83. The first kappa shape index (κ1) is 14.7. The van der Waals surface area contributed by atoms with Crippen molar-refractivity contribution in [1.29, 1.82) is 0 Å². The fourth-order valence-electron chi connectivity index (χ4n) is 1.87. The molecule has 1 aliphatic heterocycles. The Hall–Kier alpha value is -1.34. The quantitative estimate of drug-likeness (QED) is 0.606. The van der Waals surface area contributed by atoms with Crippen molar-refractivity contribution in [2.24, 2.45) is 0 Å². The summed E-state index contributed by atoms with van der Waals surface area (Å²) in [6, 6.07) is -0.270. The van der Waals surface area contributed by atoms with Crippen LogP contribution in [0.5, 0.6) is 0 Å². The summed E-state index contributed by atoms with van der Waals surface area (Å²) in [6.07, 6.45) is 0.0994. The van der Waals surface area contributed by atoms with Crippen LogP contribution in [-0.4, -0.2) is 65.6 Å². The molecule has 0 bridgehead atoms. The van der Waals surface area contributed by atoms with E-state index in [4.69, 9.17) is 14.9 Å². The third kappa shape index (κ3) is 4.15. The summed E-state index contributed by atoms with van der Waals surface area (Å²) >= 11 is 0. The highest BCUT2D eigenvalue weighted by molar-refractivity contribution is 5.74. The van der Waals surface area contributed by atoms with Gasteiger partial charge in [-0.05, 0) is 19.8 Å². The molecular weight excluding hydrogens is 240 g/mol. The number of ether oxygens (including phenoxy) is 1. The van der Waals surface area contributed by atoms with E-state index >= 15 is 0 Å². The Balaban J connectivity index is 2.28. The second-order valence-electron chi connectivity index (χ2n) is 4.15. The summed E-state index contributed by atoms with van der Waals surface area (Å²) in [4.78, 5) is 23.8. The van der Waals surface area contributed by atoms with Crippen LogP contribution in [0.2, 0.25) is 0 Å². The zero-order chi connectivity index (χ0) is 13.5. The highest BCUT2D eigenvalue weighted by Gasteiger charge is 2.30. The molecule has 1 aliphatic rings. The smallest absolute Gasteiger partial charge is 0.332 e. The number of carboxylic acid groups (broad SMARTS) is 1. The van der Waals surface area contributed by atoms with Gasteiger partial charge in [0.25, 0.3) is 0 Å². The minimum atomic E-state index is -0.959. The second kappa shape index (κ2) is 7.17. The van der Waals surface area contributed by atoms with Gasteiger partial charge in [-0.15, -0.1) is 0 Å². The van der Waals surface area contributed by atoms with Gasteiger partial charge in [0.1, 0.15) is 0 Å². The molecule has 104 valence electrons. The van der Waals surface area contributed by atoms with Gasteiger partial charge >= 0.3 is 12.0 Å². The molecule has 1 fully saturated rings. The van der Waals surface area contributed by atoms with E-state index in [0.29, 0.717) is 25.9 Å². The lowest BCUT2D eigenvalue weighted by atomic mass is 10.2. The lowest BCUT2D eigenvalue weighted by molar-refractivity contribution is -0.149. The molecule has 18 heavy (non-hydrogen) atoms. The highest BCUT2D eigenvalue weighted by atomic mass is 16.5. The molecule has 0 aromatic carbocycles. The Morgan fingerprint density at radius 1 is 1.44 bits per heavy atom. The van der Waals surface area contributed by atoms with Gasteiger partial charge in [0.05, 0.1) is 12.7 Å². The van der Waals surface area contributed by atoms with Crippen molar-refractivity contribution in [2.45, 2.75) is 32.0 Å². The van der Waals surface area contributed by atoms with Crippen LogP contribution in [-0.2, 0) is 9.53 Å². The molecule has 7 heteroatoms. The van der Waals surface area contributed by atoms with Gasteiger partial charge in [-0.1, -0.05) is 0 Å². The molecule has 2 unspecified atom stereocenters. The van der Waals surface area contributed by atoms with E-state index in [0.717, 1.165) is 0 Å². The molecule has 3 N–H and O–H groups in total. The molecule has 1 saturated heterocycles. The van der Waals surface area contributed by atoms with Gasteiger partial charge in [0, 0.05) is 19.6 Å². The number of hydrogen-bond acceptors (Lipinski definition) is 4. The van der Waals surface area contributed by atoms with E-state index in [1.807, 2.05) is 6.92 Å². The number of nitrogens with zero attached hydrogens (tertiary/aromatic N) is 1. The SMILES string of the molecule is CCN(CCO)C(=O)NCC1CCC(C(=O)O)O1. The topological polar surface area (TPSA) is 99.1 Å². The van der Waals surface area contributed by atoms with Crippen molar-refractivity contribution in [3.63, 3.8) is 0 Å². The Morgan fingerprint density at radius 3 is 2.67 bits per heavy atom. The number of carboxylic acids is 1. The number of hydrogen-bond donors (Lipinski definition) is 3. The van der Waals surface area contributed by atoms with Crippen LogP contribution in [0.25, 0.3) is 0 Å². The average molecular weight is 260 g/mol. The number of likely N-dealkylation sites (N-methyl/N-ethyl adjacent to an activating group) is 1. The molecule has 0 aliphatic carbocycles. The highest BCUT2D eigenvalue weighted by Crippen LogP contribution is 2.19. The predicted octanol–water partition coefficient (Wildman–Crippen LogP) is -0.358. The van der Waals surface area contributed by atoms with E-state index in [2.05, 4.69) is 5.32 Å². The molecule has 7 nitrogen and oxygen atoms in total. The third-order valence-electron chi connectivity index (χ3n) is 2.90. The third-order valence-corrected chi connectivity index (χ3v) is 2.90. The monoisotopic (exact) mass is 260 g/mol. The maximum Gasteiger partial charge on any atom is 0.332 e. The first-order valence-corrected chi connectivity index (χ1v) is 6.10. The van der Waals surface area contributed by atoms with Crippen LogP contribution in [0.15, 0.2) is 0 Å². The molecule has 1 heterocycles. The normalized spacial score (nSPS) is 22.8. The number of carbonyl (C=O) groups excluding carboxylic acids is 1. The first-order chi connectivity index (χ1) is 8.58. The minimum absolute atomic E-state index is 0.0811. The number of rotatable bonds is 6. The van der Waals surface area contributed by atoms with Crippen molar-refractivity contribution >= 4 is 12.0 Å². The summed E-state index contributed by atoms with van der Waals surface area (Å²) in [5.74, 6) is -0.959. The maximum atomic E-state index is 11.7. The number of aliphatic hydroxyl groups excluding tert-OH is 1. The largest absolute Gasteiger partial charge is 0.479 e. The first-order valence-electron chi connectivity index (χ1n) is 6.10. The van der Waals surface area contributed by atoms with Crippen molar-refractivity contribution in [1.82, 2.24) is 10.2 Å². The zero-order valence-electron chi connectivity index (χ0n) is 10.5. The molecule has 0 saturated carbocycles. The average Bonchev–Trinajstić information content (AvgIpc) is 2.82. The van der Waals surface area contributed by atoms with Crippen molar-refractivity contribution in [3.05, 3.63) is 0 Å². The van der Waals surface area contributed by atoms with Gasteiger partial charge in [-0.2, -0.15) is 0 Å². The number of carbonyl (C=O) groups is 2. The fourth-order valence-corrected chi connectivity index (χ4v) is 1.87. The molecule has 1 rings (SSSR count). The summed E-state index contributed by atoms with van der Waals surface area (Å²) in [5.41, 5.74) is 0. The molecule has 0 radical (unpaired) electrons. The summed E-state index contributed by atoms with van der Waals surface area (Å²) in [5, 5.41) is 20.2. The van der Waals surface area contributed by atoms with Crippen LogP contribution in [0, 0.1) is 0 Å². The van der Waals surface area contributed by atoms with E-state index in [9.17, 15) is 9.59 Å². The molecule has 2 atom stereocenters. The van der Waals surface area contributed by atoms with E-state index in [1.165, 1.54) is 4.90 Å². The molecule has 0 spiro atoms. The maximum absolute atomic E-state index is 11.7. The second-order valence-corrected chi connectivity index (χ2v) is 4.15. The zero-order valence-corrected chi connectivity index (χ0v) is 10.5. The van der Waals surface area contributed by atoms with Crippen molar-refractivity contribution in [3.8, 4) is 0 Å². The Bertz CT molecular complexity index is 297. The number of amides is 2. The van der Waals surface area contributed by atoms with Crippen LogP contribution >= 0.6 is 0 Å². The molecule has 2 amide bonds. The van der Waals surface area contributed by atoms with E-state index in [-0.39, 0.29) is 25.3 Å². The number of nitrogens with one attached hydrogen (secondary N) is 1.